The van der Waals surface area contributed by atoms with Crippen molar-refractivity contribution in [3.8, 4) is 0 Å². The number of H-pyrrole nitrogens is 1. The molecule has 0 fully saturated rings. The predicted molar refractivity (Wildman–Crippen MR) is 52.6 cm³/mol. The molecule has 0 bridgehead atoms. The molecule has 4 N–H and O–H groups in total. The van der Waals surface area contributed by atoms with Crippen molar-refractivity contribution < 1.29 is 4.94 Å². The number of imidazole rings is 1. The molecule has 1 aliphatic heterocycles. The van der Waals surface area contributed by atoms with E-state index in [4.69, 9.17) is 5.73 Å². The van der Waals surface area contributed by atoms with Gasteiger partial charge in [0.25, 0.3) is 0 Å². The molecule has 15 heavy (non-hydrogen) atoms. The summed E-state index contributed by atoms with van der Waals surface area (Å²) in [6, 6.07) is 3.71. The van der Waals surface area contributed by atoms with Crippen LogP contribution in [0.15, 0.2) is 23.5 Å². The molecule has 7 heteroatoms. The van der Waals surface area contributed by atoms with Crippen molar-refractivity contribution in [3.05, 3.63) is 24.2 Å². The van der Waals surface area contributed by atoms with Gasteiger partial charge in [0, 0.05) is 6.20 Å². The van der Waals surface area contributed by atoms with Crippen LogP contribution in [0.1, 0.15) is 5.82 Å². The molecule has 0 aromatic carbocycles. The first-order valence-electron chi connectivity index (χ1n) is 4.41. The monoisotopic (exact) mass is 204 g/mol. The van der Waals surface area contributed by atoms with E-state index >= 15 is 0 Å². The van der Waals surface area contributed by atoms with Crippen molar-refractivity contribution in [2.75, 3.05) is 0 Å². The van der Waals surface area contributed by atoms with Gasteiger partial charge in [-0.25, -0.2) is 9.97 Å². The molecule has 2 aromatic rings. The molecular weight excluding hydrogens is 196 g/mol. The second-order valence-electron chi connectivity index (χ2n) is 3.12. The molecule has 1 atom stereocenters. The summed E-state index contributed by atoms with van der Waals surface area (Å²) in [5, 5.41) is 3.74. The fraction of sp³-hybridized carbons (Fsp3) is 0.125. The third kappa shape index (κ3) is 1.25. The van der Waals surface area contributed by atoms with Crippen molar-refractivity contribution >= 4 is 16.9 Å². The van der Waals surface area contributed by atoms with E-state index in [-0.39, 0.29) is 0 Å². The number of hydrogen-bond acceptors (Lipinski definition) is 6. The van der Waals surface area contributed by atoms with E-state index in [1.807, 2.05) is 12.1 Å². The number of aromatic nitrogens is 3. The Morgan fingerprint density at radius 3 is 3.13 bits per heavy atom. The summed E-state index contributed by atoms with van der Waals surface area (Å²) in [5.41, 5.74) is 10.2. The van der Waals surface area contributed by atoms with Gasteiger partial charge in [-0.2, -0.15) is 0 Å². The van der Waals surface area contributed by atoms with Crippen LogP contribution in [0.2, 0.25) is 0 Å². The maximum absolute atomic E-state index is 5.69. The molecule has 3 heterocycles. The van der Waals surface area contributed by atoms with E-state index in [1.165, 1.54) is 0 Å². The number of nitrogens with one attached hydrogen (secondary N) is 2. The first-order valence-corrected chi connectivity index (χ1v) is 4.41. The highest BCUT2D eigenvalue weighted by molar-refractivity contribution is 6.02. The molecule has 0 aliphatic carbocycles. The third-order valence-electron chi connectivity index (χ3n) is 2.12. The Bertz CT molecular complexity index is 500. The smallest absolute Gasteiger partial charge is 0.178 e. The van der Waals surface area contributed by atoms with Crippen LogP contribution in [0.3, 0.4) is 0 Å². The summed E-state index contributed by atoms with van der Waals surface area (Å²) in [5.74, 6) is 0.571. The molecule has 7 nitrogen and oxygen atoms in total. The normalized spacial score (nSPS) is 20.3. The summed E-state index contributed by atoms with van der Waals surface area (Å²) in [4.78, 5) is 16.1. The maximum atomic E-state index is 5.69. The molecule has 0 spiro atoms. The number of pyridine rings is 1. The van der Waals surface area contributed by atoms with Crippen LogP contribution < -0.4 is 11.2 Å². The number of nitrogens with two attached hydrogens (primary N) is 1. The van der Waals surface area contributed by atoms with Gasteiger partial charge in [-0.1, -0.05) is 5.16 Å². The largest absolute Gasteiger partial charge is 0.335 e. The number of aromatic amines is 1. The highest BCUT2D eigenvalue weighted by Gasteiger charge is 2.23. The molecule has 0 radical (unpaired) electrons. The van der Waals surface area contributed by atoms with E-state index in [0.29, 0.717) is 17.2 Å². The number of hydrogen-bond donors (Lipinski definition) is 3. The van der Waals surface area contributed by atoms with Crippen molar-refractivity contribution in [2.24, 2.45) is 10.9 Å². The van der Waals surface area contributed by atoms with Crippen molar-refractivity contribution in [1.82, 2.24) is 20.4 Å². The first-order chi connectivity index (χ1) is 7.34. The number of oxime groups is 1. The van der Waals surface area contributed by atoms with E-state index in [1.54, 1.807) is 6.20 Å². The van der Waals surface area contributed by atoms with Gasteiger partial charge in [-0.05, 0) is 12.1 Å². The van der Waals surface area contributed by atoms with Crippen LogP contribution in [0, 0.1) is 0 Å². The van der Waals surface area contributed by atoms with Crippen LogP contribution >= 0.6 is 0 Å². The van der Waals surface area contributed by atoms with Gasteiger partial charge in [-0.3, -0.25) is 4.94 Å². The zero-order chi connectivity index (χ0) is 10.3. The standard InChI is InChI=1S/C8H8N6O/c9-6-5(13-15-14-6)8-11-4-2-1-3-10-7(4)12-8/h1-3,6,14H,9H2,(H,10,11,12). The molecule has 0 saturated carbocycles. The zero-order valence-corrected chi connectivity index (χ0v) is 7.64. The number of fused-ring (bicyclic) bond motifs is 1. The topological polar surface area (TPSA) is 101 Å². The summed E-state index contributed by atoms with van der Waals surface area (Å²) in [7, 11) is 0. The number of hydroxylamine groups is 1. The summed E-state index contributed by atoms with van der Waals surface area (Å²) < 4.78 is 0. The first kappa shape index (κ1) is 8.33. The lowest BCUT2D eigenvalue weighted by Crippen LogP contribution is -2.39. The third-order valence-corrected chi connectivity index (χ3v) is 2.12. The highest BCUT2D eigenvalue weighted by Crippen LogP contribution is 2.10. The lowest BCUT2D eigenvalue weighted by Gasteiger charge is -1.99. The van der Waals surface area contributed by atoms with Crippen LogP contribution in [-0.4, -0.2) is 26.8 Å². The summed E-state index contributed by atoms with van der Waals surface area (Å²) in [6.45, 7) is 0. The minimum atomic E-state index is -0.467. The average molecular weight is 204 g/mol. The summed E-state index contributed by atoms with van der Waals surface area (Å²) >= 11 is 0. The minimum Gasteiger partial charge on any atom is -0.335 e. The Morgan fingerprint density at radius 2 is 2.40 bits per heavy atom. The van der Waals surface area contributed by atoms with Gasteiger partial charge in [0.1, 0.15) is 6.17 Å². The van der Waals surface area contributed by atoms with Gasteiger partial charge >= 0.3 is 0 Å². The fourth-order valence-electron chi connectivity index (χ4n) is 1.40. The van der Waals surface area contributed by atoms with Gasteiger partial charge < -0.3 is 10.7 Å². The van der Waals surface area contributed by atoms with Crippen LogP contribution in [0.5, 0.6) is 0 Å². The van der Waals surface area contributed by atoms with Crippen LogP contribution in [-0.2, 0) is 4.94 Å². The van der Waals surface area contributed by atoms with E-state index in [2.05, 4.69) is 30.5 Å². The second-order valence-corrected chi connectivity index (χ2v) is 3.12. The van der Waals surface area contributed by atoms with Gasteiger partial charge in [-0.15, -0.1) is 5.48 Å². The van der Waals surface area contributed by atoms with E-state index in [0.717, 1.165) is 5.52 Å². The predicted octanol–water partition coefficient (Wildman–Crippen LogP) is -0.518. The Labute approximate surface area is 84.3 Å². The molecule has 1 unspecified atom stereocenters. The SMILES string of the molecule is NC1NON=C1c1nc2ncccc2[nH]1. The minimum absolute atomic E-state index is 0.467. The van der Waals surface area contributed by atoms with E-state index < -0.39 is 6.17 Å². The van der Waals surface area contributed by atoms with Crippen molar-refractivity contribution in [1.29, 1.82) is 0 Å². The molecule has 0 saturated heterocycles. The van der Waals surface area contributed by atoms with Gasteiger partial charge in [0.2, 0.25) is 0 Å². The molecule has 76 valence electrons. The lowest BCUT2D eigenvalue weighted by molar-refractivity contribution is 0.0610. The Morgan fingerprint density at radius 1 is 1.47 bits per heavy atom. The zero-order valence-electron chi connectivity index (χ0n) is 7.64. The number of rotatable bonds is 1. The average Bonchev–Trinajstić information content (AvgIpc) is 2.82. The van der Waals surface area contributed by atoms with Crippen molar-refractivity contribution in [2.45, 2.75) is 6.17 Å². The quantitative estimate of drug-likeness (QED) is 0.580. The number of nitrogens with zero attached hydrogens (tertiary/aromatic N) is 3. The lowest BCUT2D eigenvalue weighted by atomic mass is 10.3. The molecule has 2 aromatic heterocycles. The molecule has 0 amide bonds. The summed E-state index contributed by atoms with van der Waals surface area (Å²) in [6.07, 6.45) is 1.21. The highest BCUT2D eigenvalue weighted by atomic mass is 16.8. The van der Waals surface area contributed by atoms with Gasteiger partial charge in [0.15, 0.2) is 17.2 Å². The van der Waals surface area contributed by atoms with Crippen LogP contribution in [0.25, 0.3) is 11.2 Å². The van der Waals surface area contributed by atoms with Crippen molar-refractivity contribution in [3.63, 3.8) is 0 Å². The second kappa shape index (κ2) is 3.01. The van der Waals surface area contributed by atoms with Gasteiger partial charge in [0.05, 0.1) is 5.52 Å². The Balaban J connectivity index is 2.12. The fourth-order valence-corrected chi connectivity index (χ4v) is 1.40. The Kier molecular flexibility index (Phi) is 1.67. The maximum Gasteiger partial charge on any atom is 0.178 e. The molecular formula is C8H8N6O. The molecule has 3 rings (SSSR count). The Hall–Kier alpha value is -1.99. The molecule has 1 aliphatic rings. The van der Waals surface area contributed by atoms with Crippen LogP contribution in [0.4, 0.5) is 0 Å². The van der Waals surface area contributed by atoms with E-state index in [9.17, 15) is 0 Å².